The van der Waals surface area contributed by atoms with E-state index in [1.165, 1.54) is 38.2 Å². The fourth-order valence-electron chi connectivity index (χ4n) is 3.28. The fraction of sp³-hybridized carbons (Fsp3) is 0.550. The lowest BCUT2D eigenvalue weighted by molar-refractivity contribution is -0.227. The van der Waals surface area contributed by atoms with Crippen LogP contribution in [0, 0.1) is 0 Å². The minimum absolute atomic E-state index is 0.281. The highest BCUT2D eigenvalue weighted by atomic mass is 16.7. The van der Waals surface area contributed by atoms with E-state index in [-0.39, 0.29) is 12.5 Å². The molecular formula is C20H29NO7. The molecule has 0 bridgehead atoms. The highest BCUT2D eigenvalue weighted by molar-refractivity contribution is 5.79. The van der Waals surface area contributed by atoms with Gasteiger partial charge in [-0.2, -0.15) is 0 Å². The smallest absolute Gasteiger partial charge is 0.228 e. The van der Waals surface area contributed by atoms with Gasteiger partial charge in [0.25, 0.3) is 0 Å². The van der Waals surface area contributed by atoms with Gasteiger partial charge in [0.2, 0.25) is 17.5 Å². The van der Waals surface area contributed by atoms with Crippen LogP contribution in [0.3, 0.4) is 0 Å². The van der Waals surface area contributed by atoms with E-state index in [0.717, 1.165) is 0 Å². The molecule has 0 aromatic rings. The zero-order chi connectivity index (χ0) is 20.9. The Hall–Kier alpha value is -1.81. The lowest BCUT2D eigenvalue weighted by Crippen LogP contribution is -2.47. The Morgan fingerprint density at radius 1 is 1.11 bits per heavy atom. The molecule has 0 aliphatic heterocycles. The Labute approximate surface area is 165 Å². The van der Waals surface area contributed by atoms with Gasteiger partial charge in [0, 0.05) is 45.8 Å². The summed E-state index contributed by atoms with van der Waals surface area (Å²) in [6.07, 6.45) is 7.39. The van der Waals surface area contributed by atoms with Crippen molar-refractivity contribution in [2.75, 3.05) is 27.4 Å². The first-order valence-corrected chi connectivity index (χ1v) is 9.16. The predicted octanol–water partition coefficient (Wildman–Crippen LogP) is 1.22. The Balaban J connectivity index is 2.37. The Bertz CT molecular complexity index is 699. The van der Waals surface area contributed by atoms with Crippen LogP contribution in [0.5, 0.6) is 0 Å². The topological polar surface area (TPSA) is 97.7 Å². The van der Waals surface area contributed by atoms with Crippen LogP contribution in [0.4, 0.5) is 0 Å². The molecule has 0 saturated carbocycles. The van der Waals surface area contributed by atoms with Gasteiger partial charge >= 0.3 is 0 Å². The van der Waals surface area contributed by atoms with E-state index in [1.54, 1.807) is 38.2 Å². The third-order valence-electron chi connectivity index (χ3n) is 4.60. The van der Waals surface area contributed by atoms with E-state index in [1.807, 2.05) is 0 Å². The number of hydrogen-bond donors (Lipinski definition) is 2. The molecule has 2 aliphatic carbocycles. The summed E-state index contributed by atoms with van der Waals surface area (Å²) in [6, 6.07) is 0. The molecule has 2 aliphatic rings. The Morgan fingerprint density at radius 2 is 1.71 bits per heavy atom. The molecule has 0 heterocycles. The van der Waals surface area contributed by atoms with Gasteiger partial charge < -0.3 is 29.2 Å². The van der Waals surface area contributed by atoms with Gasteiger partial charge in [0.1, 0.15) is 12.2 Å². The molecule has 0 saturated heterocycles. The molecule has 0 spiro atoms. The molecule has 0 radical (unpaired) electrons. The Kier molecular flexibility index (Phi) is 7.33. The summed E-state index contributed by atoms with van der Waals surface area (Å²) < 4.78 is 21.6. The molecule has 2 rings (SSSR count). The third-order valence-corrected chi connectivity index (χ3v) is 4.60. The van der Waals surface area contributed by atoms with Crippen molar-refractivity contribution in [1.82, 2.24) is 4.90 Å². The first kappa shape index (κ1) is 22.5. The number of aliphatic hydroxyl groups is 2. The van der Waals surface area contributed by atoms with E-state index < -0.39 is 23.8 Å². The van der Waals surface area contributed by atoms with E-state index in [0.29, 0.717) is 18.0 Å². The highest BCUT2D eigenvalue weighted by Gasteiger charge is 2.41. The maximum Gasteiger partial charge on any atom is 0.228 e. The number of methoxy groups -OCH3 is 2. The van der Waals surface area contributed by atoms with Gasteiger partial charge in [-0.15, -0.1) is 0 Å². The number of nitrogens with zero attached hydrogens (tertiary/aromatic N) is 1. The minimum atomic E-state index is -1.62. The summed E-state index contributed by atoms with van der Waals surface area (Å²) in [5, 5.41) is 21.2. The summed E-state index contributed by atoms with van der Waals surface area (Å²) in [6.45, 7) is 5.59. The van der Waals surface area contributed by atoms with Crippen LogP contribution in [-0.4, -0.2) is 72.2 Å². The van der Waals surface area contributed by atoms with E-state index in [4.69, 9.17) is 18.9 Å². The van der Waals surface area contributed by atoms with Crippen molar-refractivity contribution in [3.63, 3.8) is 0 Å². The SMILES string of the molecule is CCOC1(O)C=CC(N(C(C)=O)C2=CC(O)C(OC)(OCC)C=C2)=CC1OC. The molecule has 156 valence electrons. The number of carbonyl (C=O) groups is 1. The molecule has 2 N–H and O–H groups in total. The molecule has 4 unspecified atom stereocenters. The van der Waals surface area contributed by atoms with Gasteiger partial charge in [-0.05, 0) is 50.3 Å². The van der Waals surface area contributed by atoms with Crippen molar-refractivity contribution >= 4 is 5.91 Å². The number of ether oxygens (including phenoxy) is 4. The summed E-state index contributed by atoms with van der Waals surface area (Å²) >= 11 is 0. The van der Waals surface area contributed by atoms with Crippen molar-refractivity contribution < 1.29 is 34.0 Å². The van der Waals surface area contributed by atoms with Crippen LogP contribution in [0.15, 0.2) is 47.9 Å². The third kappa shape index (κ3) is 4.27. The average molecular weight is 395 g/mol. The monoisotopic (exact) mass is 395 g/mol. The van der Waals surface area contributed by atoms with Gasteiger partial charge in [-0.3, -0.25) is 9.69 Å². The largest absolute Gasteiger partial charge is 0.383 e. The molecule has 1 amide bonds. The normalized spacial score (nSPS) is 32.1. The number of allylic oxidation sites excluding steroid dienone is 2. The standard InChI is InChI=1S/C20H29NO7/c1-6-27-19(24)10-8-16(13-18(19)25-4)21(14(3)22)15-9-11-20(26-5,28-7-2)17(23)12-15/h8-13,17-18,23-24H,6-7H2,1-5H3. The lowest BCUT2D eigenvalue weighted by Gasteiger charge is -2.38. The predicted molar refractivity (Wildman–Crippen MR) is 102 cm³/mol. The molecule has 8 heteroatoms. The van der Waals surface area contributed by atoms with Crippen LogP contribution in [0.25, 0.3) is 0 Å². The van der Waals surface area contributed by atoms with Crippen LogP contribution >= 0.6 is 0 Å². The minimum Gasteiger partial charge on any atom is -0.383 e. The van der Waals surface area contributed by atoms with E-state index in [2.05, 4.69) is 0 Å². The molecule has 0 aromatic carbocycles. The van der Waals surface area contributed by atoms with Crippen molar-refractivity contribution in [1.29, 1.82) is 0 Å². The maximum absolute atomic E-state index is 12.4. The summed E-state index contributed by atoms with van der Waals surface area (Å²) in [5.74, 6) is -3.20. The van der Waals surface area contributed by atoms with Crippen LogP contribution < -0.4 is 0 Å². The van der Waals surface area contributed by atoms with E-state index >= 15 is 0 Å². The van der Waals surface area contributed by atoms with Crippen LogP contribution in [0.1, 0.15) is 20.8 Å². The zero-order valence-corrected chi connectivity index (χ0v) is 16.9. The number of hydrogen-bond acceptors (Lipinski definition) is 7. The molecule has 4 atom stereocenters. The van der Waals surface area contributed by atoms with Crippen molar-refractivity contribution in [3.05, 3.63) is 47.9 Å². The average Bonchev–Trinajstić information content (AvgIpc) is 2.65. The second kappa shape index (κ2) is 9.13. The van der Waals surface area contributed by atoms with Gasteiger partial charge in [-0.1, -0.05) is 0 Å². The van der Waals surface area contributed by atoms with Gasteiger partial charge in [0.15, 0.2) is 0 Å². The quantitative estimate of drug-likeness (QED) is 0.597. The number of rotatable bonds is 8. The lowest BCUT2D eigenvalue weighted by atomic mass is 9.98. The highest BCUT2D eigenvalue weighted by Crippen LogP contribution is 2.32. The maximum atomic E-state index is 12.4. The summed E-state index contributed by atoms with van der Waals surface area (Å²) in [7, 11) is 2.88. The van der Waals surface area contributed by atoms with E-state index in [9.17, 15) is 15.0 Å². The van der Waals surface area contributed by atoms with Crippen molar-refractivity contribution in [2.24, 2.45) is 0 Å². The second-order valence-corrected chi connectivity index (χ2v) is 6.35. The molecule has 28 heavy (non-hydrogen) atoms. The first-order valence-electron chi connectivity index (χ1n) is 9.16. The Morgan fingerprint density at radius 3 is 2.21 bits per heavy atom. The second-order valence-electron chi connectivity index (χ2n) is 6.35. The van der Waals surface area contributed by atoms with Crippen molar-refractivity contribution in [2.45, 2.75) is 44.6 Å². The number of carbonyl (C=O) groups excluding carboxylic acids is 1. The van der Waals surface area contributed by atoms with Gasteiger partial charge in [0.05, 0.1) is 0 Å². The van der Waals surface area contributed by atoms with Crippen molar-refractivity contribution in [3.8, 4) is 0 Å². The molecule has 8 nitrogen and oxygen atoms in total. The van der Waals surface area contributed by atoms with Crippen LogP contribution in [0.2, 0.25) is 0 Å². The number of aliphatic hydroxyl groups excluding tert-OH is 1. The molecule has 0 aromatic heterocycles. The summed E-state index contributed by atoms with van der Waals surface area (Å²) in [5.41, 5.74) is 0.924. The molecular weight excluding hydrogens is 366 g/mol. The zero-order valence-electron chi connectivity index (χ0n) is 16.9. The van der Waals surface area contributed by atoms with Gasteiger partial charge in [-0.25, -0.2) is 0 Å². The first-order chi connectivity index (χ1) is 13.3. The summed E-state index contributed by atoms with van der Waals surface area (Å²) in [4.78, 5) is 13.8. The molecule has 0 fully saturated rings. The van der Waals surface area contributed by atoms with Crippen LogP contribution in [-0.2, 0) is 23.7 Å². The fourth-order valence-corrected chi connectivity index (χ4v) is 3.28. The number of amides is 1.